The highest BCUT2D eigenvalue weighted by molar-refractivity contribution is 6.65. The molecular weight excluding hydrogens is 430 g/mol. The second kappa shape index (κ2) is 9.55. The highest BCUT2D eigenvalue weighted by Gasteiger charge is 2.64. The minimum atomic E-state index is -1.49. The number of hydrogen-bond acceptors (Lipinski definition) is 4. The number of likely N-dealkylation sites (tertiary alicyclic amines) is 1. The van der Waals surface area contributed by atoms with E-state index in [2.05, 4.69) is 52.6 Å². The fourth-order valence-corrected chi connectivity index (χ4v) is 7.08. The Bertz CT molecular complexity index is 1010. The van der Waals surface area contributed by atoms with Gasteiger partial charge in [-0.3, -0.25) is 4.79 Å². The molecule has 0 bridgehead atoms. The predicted octanol–water partition coefficient (Wildman–Crippen LogP) is 5.41. The fraction of sp³-hybridized carbons (Fsp3) is 0.407. The van der Waals surface area contributed by atoms with Crippen molar-refractivity contribution in [3.05, 3.63) is 77.9 Å². The van der Waals surface area contributed by atoms with Crippen LogP contribution >= 0.6 is 0 Å². The molecule has 5 nitrogen and oxygen atoms in total. The third kappa shape index (κ3) is 4.76. The molecule has 1 aliphatic heterocycles. The zero-order valence-corrected chi connectivity index (χ0v) is 21.7. The molecule has 0 radical (unpaired) electrons. The topological polar surface area (TPSA) is 55.8 Å². The molecule has 0 aliphatic carbocycles. The van der Waals surface area contributed by atoms with Gasteiger partial charge in [-0.25, -0.2) is 4.79 Å². The molecule has 1 amide bonds. The van der Waals surface area contributed by atoms with Gasteiger partial charge in [0.1, 0.15) is 12.4 Å². The van der Waals surface area contributed by atoms with Crippen molar-refractivity contribution < 1.29 is 19.1 Å². The molecule has 33 heavy (non-hydrogen) atoms. The summed E-state index contributed by atoms with van der Waals surface area (Å²) in [6, 6.07) is 17.1. The van der Waals surface area contributed by atoms with Gasteiger partial charge < -0.3 is 14.4 Å². The average molecular weight is 466 g/mol. The maximum Gasteiger partial charge on any atom is 0.338 e. The van der Waals surface area contributed by atoms with Crippen molar-refractivity contribution in [1.29, 1.82) is 0 Å². The molecule has 1 saturated heterocycles. The molecule has 0 N–H and O–H groups in total. The standard InChI is InChI=1S/C27H35NO4Si/c1-19(18-32-24(29)21-13-15-22(31-5)16-14-21)17-27(33(6)7)23(20-11-9-8-10-12-20)28(25(27)30)26(2,3)4/h8-16,23,33H,1,17-18H2,2-7H3/t23-,27+/m1/s1. The predicted molar refractivity (Wildman–Crippen MR) is 134 cm³/mol. The van der Waals surface area contributed by atoms with Crippen LogP contribution in [0.1, 0.15) is 49.2 Å². The van der Waals surface area contributed by atoms with Crippen LogP contribution in [0.3, 0.4) is 0 Å². The summed E-state index contributed by atoms with van der Waals surface area (Å²) in [4.78, 5) is 28.2. The van der Waals surface area contributed by atoms with Crippen molar-refractivity contribution in [2.24, 2.45) is 0 Å². The van der Waals surface area contributed by atoms with Crippen LogP contribution in [-0.2, 0) is 9.53 Å². The second-order valence-corrected chi connectivity index (χ2v) is 13.4. The van der Waals surface area contributed by atoms with Gasteiger partial charge in [-0.2, -0.15) is 0 Å². The molecule has 1 heterocycles. The lowest BCUT2D eigenvalue weighted by Gasteiger charge is -2.63. The molecule has 1 aliphatic rings. The Labute approximate surface area is 199 Å². The molecule has 2 aromatic carbocycles. The van der Waals surface area contributed by atoms with Crippen molar-refractivity contribution in [2.45, 2.75) is 56.9 Å². The van der Waals surface area contributed by atoms with E-state index in [4.69, 9.17) is 9.47 Å². The molecule has 0 saturated carbocycles. The van der Waals surface area contributed by atoms with Gasteiger partial charge in [0.25, 0.3) is 0 Å². The summed E-state index contributed by atoms with van der Waals surface area (Å²) in [6.45, 7) is 15.0. The number of benzene rings is 2. The lowest BCUT2D eigenvalue weighted by Crippen LogP contribution is -2.68. The molecule has 6 heteroatoms. The number of nitrogens with zero attached hydrogens (tertiary/aromatic N) is 1. The summed E-state index contributed by atoms with van der Waals surface area (Å²) in [7, 11) is 0.0892. The van der Waals surface area contributed by atoms with Gasteiger partial charge in [0, 0.05) is 5.54 Å². The first-order valence-electron chi connectivity index (χ1n) is 11.4. The highest BCUT2D eigenvalue weighted by Crippen LogP contribution is 2.63. The summed E-state index contributed by atoms with van der Waals surface area (Å²) in [6.07, 6.45) is 0.526. The highest BCUT2D eigenvalue weighted by atomic mass is 28.3. The Kier molecular flexibility index (Phi) is 7.17. The van der Waals surface area contributed by atoms with Gasteiger partial charge in [-0.05, 0) is 62.6 Å². The van der Waals surface area contributed by atoms with Crippen LogP contribution in [0, 0.1) is 0 Å². The van der Waals surface area contributed by atoms with Crippen molar-refractivity contribution >= 4 is 20.7 Å². The van der Waals surface area contributed by atoms with Crippen LogP contribution in [0.25, 0.3) is 0 Å². The number of carbonyl (C=O) groups excluding carboxylic acids is 2. The molecule has 0 unspecified atom stereocenters. The maximum atomic E-state index is 13.7. The van der Waals surface area contributed by atoms with E-state index in [1.165, 1.54) is 0 Å². The zero-order chi connectivity index (χ0) is 24.4. The van der Waals surface area contributed by atoms with E-state index in [-0.39, 0.29) is 24.1 Å². The van der Waals surface area contributed by atoms with E-state index in [0.29, 0.717) is 17.7 Å². The fourth-order valence-electron chi connectivity index (χ4n) is 4.78. The lowest BCUT2D eigenvalue weighted by molar-refractivity contribution is -0.164. The summed E-state index contributed by atoms with van der Waals surface area (Å²) in [5, 5.41) is -0.488. The van der Waals surface area contributed by atoms with Gasteiger partial charge in [-0.1, -0.05) is 50.0 Å². The number of esters is 1. The van der Waals surface area contributed by atoms with E-state index in [1.807, 2.05) is 23.1 Å². The van der Waals surface area contributed by atoms with Crippen molar-refractivity contribution in [2.75, 3.05) is 13.7 Å². The van der Waals surface area contributed by atoms with Crippen LogP contribution in [0.4, 0.5) is 0 Å². The van der Waals surface area contributed by atoms with Gasteiger partial charge >= 0.3 is 5.97 Å². The number of β-lactam (4-membered cyclic amide) rings is 1. The van der Waals surface area contributed by atoms with Crippen molar-refractivity contribution in [3.63, 3.8) is 0 Å². The first-order valence-corrected chi connectivity index (χ1v) is 14.3. The Hall–Kier alpha value is -2.86. The largest absolute Gasteiger partial charge is 0.497 e. The van der Waals surface area contributed by atoms with E-state index in [0.717, 1.165) is 11.1 Å². The molecular formula is C27H35NO4Si. The van der Waals surface area contributed by atoms with Crippen LogP contribution in [0.5, 0.6) is 5.75 Å². The van der Waals surface area contributed by atoms with Gasteiger partial charge in [0.05, 0.1) is 32.6 Å². The molecule has 0 aromatic heterocycles. The van der Waals surface area contributed by atoms with Crippen LogP contribution < -0.4 is 4.74 Å². The van der Waals surface area contributed by atoms with Crippen molar-refractivity contribution in [1.82, 2.24) is 4.90 Å². The van der Waals surface area contributed by atoms with Crippen LogP contribution in [0.2, 0.25) is 18.1 Å². The van der Waals surface area contributed by atoms with Crippen LogP contribution in [0.15, 0.2) is 66.7 Å². The molecule has 2 aromatic rings. The Morgan fingerprint density at radius 3 is 2.21 bits per heavy atom. The van der Waals surface area contributed by atoms with E-state index >= 15 is 0 Å². The lowest BCUT2D eigenvalue weighted by atomic mass is 9.74. The Morgan fingerprint density at radius 1 is 1.09 bits per heavy atom. The number of rotatable bonds is 8. The number of ether oxygens (including phenoxy) is 2. The van der Waals surface area contributed by atoms with Gasteiger partial charge in [-0.15, -0.1) is 0 Å². The quantitative estimate of drug-likeness (QED) is 0.226. The average Bonchev–Trinajstić information content (AvgIpc) is 2.78. The summed E-state index contributed by atoms with van der Waals surface area (Å²) in [5.41, 5.74) is 2.08. The number of amides is 1. The molecule has 1 fully saturated rings. The smallest absolute Gasteiger partial charge is 0.338 e. The second-order valence-electron chi connectivity index (χ2n) is 10.1. The van der Waals surface area contributed by atoms with Crippen molar-refractivity contribution in [3.8, 4) is 5.75 Å². The Balaban J connectivity index is 1.79. The first kappa shape index (κ1) is 24.8. The van der Waals surface area contributed by atoms with Gasteiger partial charge in [0.2, 0.25) is 5.91 Å². The zero-order valence-electron chi connectivity index (χ0n) is 20.6. The maximum absolute atomic E-state index is 13.7. The Morgan fingerprint density at radius 2 is 1.70 bits per heavy atom. The van der Waals surface area contributed by atoms with E-state index in [1.54, 1.807) is 31.4 Å². The number of carbonyl (C=O) groups is 2. The first-order chi connectivity index (χ1) is 15.5. The monoisotopic (exact) mass is 465 g/mol. The SMILES string of the molecule is C=C(COC(=O)c1ccc(OC)cc1)C[C@@]1([SiH](C)C)C(=O)N(C(C)(C)C)[C@@H]1c1ccccc1. The number of methoxy groups -OCH3 is 1. The summed E-state index contributed by atoms with van der Waals surface area (Å²) < 4.78 is 10.7. The third-order valence-corrected chi connectivity index (χ3v) is 9.33. The van der Waals surface area contributed by atoms with Gasteiger partial charge in [0.15, 0.2) is 0 Å². The third-order valence-electron chi connectivity index (χ3n) is 6.51. The van der Waals surface area contributed by atoms with E-state index < -0.39 is 19.8 Å². The molecule has 3 rings (SSSR count). The van der Waals surface area contributed by atoms with E-state index in [9.17, 15) is 9.59 Å². The minimum absolute atomic E-state index is 0.00749. The normalized spacial score (nSPS) is 20.4. The molecule has 176 valence electrons. The summed E-state index contributed by atoms with van der Waals surface area (Å²) in [5.74, 6) is 0.456. The molecule has 2 atom stereocenters. The summed E-state index contributed by atoms with van der Waals surface area (Å²) >= 11 is 0. The number of hydrogen-bond donors (Lipinski definition) is 0. The molecule has 0 spiro atoms. The minimum Gasteiger partial charge on any atom is -0.497 e. The van der Waals surface area contributed by atoms with Crippen LogP contribution in [-0.4, -0.2) is 44.8 Å².